The maximum Gasteiger partial charge on any atom is 0.271 e. The highest BCUT2D eigenvalue weighted by atomic mass is 35.6. The Kier molecular flexibility index (Phi) is 9.22. The van der Waals surface area contributed by atoms with Gasteiger partial charge >= 0.3 is 0 Å². The first-order valence-corrected chi connectivity index (χ1v) is 13.5. The van der Waals surface area contributed by atoms with Gasteiger partial charge in [-0.05, 0) is 37.5 Å². The van der Waals surface area contributed by atoms with Crippen molar-refractivity contribution in [2.75, 3.05) is 6.61 Å². The standard InChI is InChI=1S/C20H24Cl3NO5S2/c1-3-18(31(27,28)29-14-13-16-7-5-4-6-8-16)19(20(21,22)23)24-30(25,26)17-11-9-15(2)10-12-17/h4-12,18-19,24H,3,13-14H2,1-2H3/t18-,19-/m1/s1. The number of aryl methyl sites for hydroxylation is 1. The molecule has 0 aromatic heterocycles. The van der Waals surface area contributed by atoms with Gasteiger partial charge in [-0.1, -0.05) is 89.8 Å². The smallest absolute Gasteiger partial charge is 0.269 e. The molecule has 31 heavy (non-hydrogen) atoms. The van der Waals surface area contributed by atoms with Gasteiger partial charge in [0.25, 0.3) is 10.1 Å². The van der Waals surface area contributed by atoms with E-state index in [0.29, 0.717) is 6.42 Å². The van der Waals surface area contributed by atoms with Crippen molar-refractivity contribution in [1.82, 2.24) is 4.72 Å². The predicted octanol–water partition coefficient (Wildman–Crippen LogP) is 4.38. The van der Waals surface area contributed by atoms with Crippen molar-refractivity contribution in [2.24, 2.45) is 0 Å². The fourth-order valence-corrected chi connectivity index (χ4v) is 6.85. The molecular weight excluding hydrogens is 505 g/mol. The second-order valence-electron chi connectivity index (χ2n) is 6.95. The number of nitrogens with one attached hydrogen (secondary N) is 1. The van der Waals surface area contributed by atoms with Gasteiger partial charge in [0.1, 0.15) is 5.25 Å². The molecule has 0 saturated heterocycles. The molecule has 6 nitrogen and oxygen atoms in total. The molecule has 0 aliphatic rings. The number of rotatable bonds is 10. The zero-order chi connectivity index (χ0) is 23.3. The van der Waals surface area contributed by atoms with Gasteiger partial charge in [-0.25, -0.2) is 13.1 Å². The van der Waals surface area contributed by atoms with Crippen LogP contribution in [0.2, 0.25) is 0 Å². The molecule has 0 amide bonds. The van der Waals surface area contributed by atoms with Gasteiger partial charge in [-0.15, -0.1) is 0 Å². The van der Waals surface area contributed by atoms with Crippen LogP contribution in [0.3, 0.4) is 0 Å². The lowest BCUT2D eigenvalue weighted by Gasteiger charge is -2.31. The molecule has 2 atom stereocenters. The zero-order valence-electron chi connectivity index (χ0n) is 17.0. The number of alkyl halides is 3. The van der Waals surface area contributed by atoms with Crippen LogP contribution < -0.4 is 4.72 Å². The van der Waals surface area contributed by atoms with E-state index in [1.54, 1.807) is 26.0 Å². The largest absolute Gasteiger partial charge is 0.271 e. The summed E-state index contributed by atoms with van der Waals surface area (Å²) in [6.07, 6.45) is 0.312. The van der Waals surface area contributed by atoms with Crippen molar-refractivity contribution in [2.45, 2.75) is 46.7 Å². The van der Waals surface area contributed by atoms with E-state index in [9.17, 15) is 16.8 Å². The average Bonchev–Trinajstić information content (AvgIpc) is 2.68. The van der Waals surface area contributed by atoms with Crippen LogP contribution in [0.25, 0.3) is 0 Å². The molecule has 172 valence electrons. The summed E-state index contributed by atoms with van der Waals surface area (Å²) in [5, 5.41) is -1.42. The Bertz CT molecular complexity index is 1050. The second-order valence-corrected chi connectivity index (χ2v) is 12.9. The average molecular weight is 529 g/mol. The summed E-state index contributed by atoms with van der Waals surface area (Å²) < 4.78 is 56.6. The maximum atomic E-state index is 12.9. The first-order valence-electron chi connectivity index (χ1n) is 9.44. The van der Waals surface area contributed by atoms with E-state index in [0.717, 1.165) is 11.1 Å². The molecule has 0 fully saturated rings. The second kappa shape index (κ2) is 10.8. The van der Waals surface area contributed by atoms with Crippen molar-refractivity contribution in [3.8, 4) is 0 Å². The molecule has 0 radical (unpaired) electrons. The highest BCUT2D eigenvalue weighted by Gasteiger charge is 2.46. The number of sulfonamides is 1. The lowest BCUT2D eigenvalue weighted by molar-refractivity contribution is 0.309. The molecule has 1 N–H and O–H groups in total. The Balaban J connectivity index is 2.24. The fourth-order valence-electron chi connectivity index (χ4n) is 2.92. The molecule has 0 spiro atoms. The van der Waals surface area contributed by atoms with Gasteiger partial charge in [0.15, 0.2) is 0 Å². The molecule has 2 aromatic carbocycles. The highest BCUT2D eigenvalue weighted by Crippen LogP contribution is 2.36. The van der Waals surface area contributed by atoms with E-state index >= 15 is 0 Å². The molecule has 11 heteroatoms. The topological polar surface area (TPSA) is 89.5 Å². The molecule has 2 rings (SSSR count). The SMILES string of the molecule is CC[C@H]([C@@H](NS(=O)(=O)c1ccc(C)cc1)C(Cl)(Cl)Cl)S(=O)(=O)OCCc1ccccc1. The third kappa shape index (κ3) is 7.60. The summed E-state index contributed by atoms with van der Waals surface area (Å²) in [5.74, 6) is 0. The van der Waals surface area contributed by atoms with E-state index < -0.39 is 35.2 Å². The number of hydrogen-bond donors (Lipinski definition) is 1. The van der Waals surface area contributed by atoms with Gasteiger partial charge in [0.2, 0.25) is 13.8 Å². The summed E-state index contributed by atoms with van der Waals surface area (Å²) in [5.41, 5.74) is 1.75. The van der Waals surface area contributed by atoms with E-state index in [2.05, 4.69) is 4.72 Å². The molecule has 2 aromatic rings. The lowest BCUT2D eigenvalue weighted by Crippen LogP contribution is -2.54. The van der Waals surface area contributed by atoms with Crippen LogP contribution in [0.5, 0.6) is 0 Å². The minimum absolute atomic E-state index is 0.0390. The summed E-state index contributed by atoms with van der Waals surface area (Å²) >= 11 is 18.0. The monoisotopic (exact) mass is 527 g/mol. The van der Waals surface area contributed by atoms with Crippen molar-refractivity contribution in [1.29, 1.82) is 0 Å². The van der Waals surface area contributed by atoms with Crippen LogP contribution in [0.15, 0.2) is 59.5 Å². The minimum atomic E-state index is -4.27. The quantitative estimate of drug-likeness (QED) is 0.365. The molecular formula is C20H24Cl3NO5S2. The van der Waals surface area contributed by atoms with E-state index in [-0.39, 0.29) is 17.9 Å². The van der Waals surface area contributed by atoms with Gasteiger partial charge in [-0.3, -0.25) is 4.18 Å². The van der Waals surface area contributed by atoms with Crippen LogP contribution >= 0.6 is 34.8 Å². The number of halogens is 3. The number of benzene rings is 2. The Morgan fingerprint density at radius 3 is 2.06 bits per heavy atom. The molecule has 0 bridgehead atoms. The fraction of sp³-hybridized carbons (Fsp3) is 0.400. The molecule has 0 saturated carbocycles. The molecule has 0 aliphatic heterocycles. The number of hydrogen-bond acceptors (Lipinski definition) is 5. The molecule has 0 heterocycles. The van der Waals surface area contributed by atoms with Crippen LogP contribution in [-0.4, -0.2) is 38.5 Å². The van der Waals surface area contributed by atoms with Gasteiger partial charge in [0.05, 0.1) is 17.5 Å². The van der Waals surface area contributed by atoms with Crippen LogP contribution in [-0.2, 0) is 30.7 Å². The molecule has 0 aliphatic carbocycles. The third-order valence-electron chi connectivity index (χ3n) is 4.59. The van der Waals surface area contributed by atoms with Gasteiger partial charge in [0, 0.05) is 0 Å². The Morgan fingerprint density at radius 2 is 1.55 bits per heavy atom. The Morgan fingerprint density at radius 1 is 0.968 bits per heavy atom. The Hall–Kier alpha value is -0.870. The van der Waals surface area contributed by atoms with Crippen molar-refractivity contribution >= 4 is 54.9 Å². The van der Waals surface area contributed by atoms with Crippen molar-refractivity contribution in [3.05, 3.63) is 65.7 Å². The predicted molar refractivity (Wildman–Crippen MR) is 125 cm³/mol. The summed E-state index contributed by atoms with van der Waals surface area (Å²) in [6.45, 7) is 3.23. The van der Waals surface area contributed by atoms with E-state index in [1.165, 1.54) is 12.1 Å². The zero-order valence-corrected chi connectivity index (χ0v) is 20.9. The summed E-state index contributed by atoms with van der Waals surface area (Å²) in [6, 6.07) is 13.6. The van der Waals surface area contributed by atoms with Crippen LogP contribution in [0.1, 0.15) is 24.5 Å². The van der Waals surface area contributed by atoms with Gasteiger partial charge < -0.3 is 0 Å². The van der Waals surface area contributed by atoms with Gasteiger partial charge in [-0.2, -0.15) is 8.42 Å². The third-order valence-corrected chi connectivity index (χ3v) is 8.60. The maximum absolute atomic E-state index is 12.9. The van der Waals surface area contributed by atoms with E-state index in [4.69, 9.17) is 39.0 Å². The lowest BCUT2D eigenvalue weighted by atomic mass is 10.2. The van der Waals surface area contributed by atoms with Crippen LogP contribution in [0.4, 0.5) is 0 Å². The molecule has 0 unspecified atom stereocenters. The first-order chi connectivity index (χ1) is 14.4. The normalized spacial score (nSPS) is 14.9. The van der Waals surface area contributed by atoms with E-state index in [1.807, 2.05) is 30.3 Å². The summed E-state index contributed by atoms with van der Waals surface area (Å²) in [4.78, 5) is -0.0744. The van der Waals surface area contributed by atoms with Crippen molar-refractivity contribution < 1.29 is 21.0 Å². The minimum Gasteiger partial charge on any atom is -0.269 e. The van der Waals surface area contributed by atoms with Crippen LogP contribution in [0, 0.1) is 6.92 Å². The summed E-state index contributed by atoms with van der Waals surface area (Å²) in [7, 11) is -8.43. The Labute approximate surface area is 199 Å². The first kappa shape index (κ1) is 26.4. The van der Waals surface area contributed by atoms with Crippen molar-refractivity contribution in [3.63, 3.8) is 0 Å². The highest BCUT2D eigenvalue weighted by molar-refractivity contribution is 7.90.